The van der Waals surface area contributed by atoms with Crippen molar-refractivity contribution < 1.29 is 19.1 Å². The lowest BCUT2D eigenvalue weighted by molar-refractivity contribution is -0.142. The highest BCUT2D eigenvalue weighted by molar-refractivity contribution is 5.85. The molecule has 38 heavy (non-hydrogen) atoms. The maximum absolute atomic E-state index is 13.4. The van der Waals surface area contributed by atoms with Crippen molar-refractivity contribution in [3.05, 3.63) is 66.2 Å². The minimum absolute atomic E-state index is 0.0387. The Bertz CT molecular complexity index is 1270. The fraction of sp³-hybridized carbons (Fsp3) is 0.379. The van der Waals surface area contributed by atoms with E-state index in [0.717, 1.165) is 35.6 Å². The lowest BCUT2D eigenvalue weighted by atomic mass is 10.1. The second-order valence-corrected chi connectivity index (χ2v) is 9.90. The highest BCUT2D eigenvalue weighted by atomic mass is 16.7. The number of carbonyl (C=O) groups excluding carboxylic acids is 2. The van der Waals surface area contributed by atoms with Crippen molar-refractivity contribution >= 4 is 17.6 Å². The van der Waals surface area contributed by atoms with Crippen LogP contribution in [0.25, 0.3) is 11.3 Å². The first kappa shape index (κ1) is 25.5. The lowest BCUT2D eigenvalue weighted by Crippen LogP contribution is -2.45. The number of nitrogens with zero attached hydrogens (tertiary/aromatic N) is 5. The van der Waals surface area contributed by atoms with E-state index in [1.54, 1.807) is 4.90 Å². The molecule has 0 unspecified atom stereocenters. The Morgan fingerprint density at radius 3 is 2.50 bits per heavy atom. The van der Waals surface area contributed by atoms with Gasteiger partial charge in [0.05, 0.1) is 5.69 Å². The van der Waals surface area contributed by atoms with E-state index in [1.165, 1.54) is 0 Å². The van der Waals surface area contributed by atoms with Gasteiger partial charge in [0.25, 0.3) is 0 Å². The molecular weight excluding hydrogens is 482 g/mol. The number of hydrogen-bond acceptors (Lipinski definition) is 7. The smallest absolute Gasteiger partial charge is 0.242 e. The molecule has 3 heterocycles. The van der Waals surface area contributed by atoms with Gasteiger partial charge < -0.3 is 24.2 Å². The molecule has 2 aromatic carbocycles. The molecule has 9 heteroatoms. The first-order chi connectivity index (χ1) is 18.5. The van der Waals surface area contributed by atoms with Crippen LogP contribution in [0.1, 0.15) is 25.8 Å². The summed E-state index contributed by atoms with van der Waals surface area (Å²) < 4.78 is 10.9. The van der Waals surface area contributed by atoms with Gasteiger partial charge >= 0.3 is 0 Å². The van der Waals surface area contributed by atoms with E-state index < -0.39 is 0 Å². The number of benzene rings is 2. The highest BCUT2D eigenvalue weighted by Crippen LogP contribution is 2.33. The van der Waals surface area contributed by atoms with Crippen LogP contribution in [-0.2, 0) is 16.1 Å². The number of ether oxygens (including phenoxy) is 2. The molecule has 0 spiro atoms. The van der Waals surface area contributed by atoms with E-state index in [2.05, 4.69) is 15.1 Å². The SMILES string of the molecule is CC(C)C(=O)N(CC(=O)N1CCCN(c2ccc(-c3ccccc3)nn2)CC1)Cc1ccc2c(c1)OCO2. The second-order valence-electron chi connectivity index (χ2n) is 9.90. The van der Waals surface area contributed by atoms with Gasteiger partial charge in [-0.1, -0.05) is 50.2 Å². The summed E-state index contributed by atoms with van der Waals surface area (Å²) in [5, 5.41) is 8.87. The van der Waals surface area contributed by atoms with E-state index in [1.807, 2.05) is 79.4 Å². The molecule has 9 nitrogen and oxygen atoms in total. The Balaban J connectivity index is 1.21. The number of rotatable bonds is 7. The van der Waals surface area contributed by atoms with Gasteiger partial charge in [0.2, 0.25) is 18.6 Å². The first-order valence-electron chi connectivity index (χ1n) is 13.1. The maximum atomic E-state index is 13.4. The van der Waals surface area contributed by atoms with E-state index in [4.69, 9.17) is 9.47 Å². The molecule has 0 radical (unpaired) electrons. The zero-order chi connectivity index (χ0) is 26.5. The summed E-state index contributed by atoms with van der Waals surface area (Å²) in [5.41, 5.74) is 2.76. The quantitative estimate of drug-likeness (QED) is 0.475. The monoisotopic (exact) mass is 515 g/mol. The molecule has 0 atom stereocenters. The van der Waals surface area contributed by atoms with Crippen LogP contribution in [0.4, 0.5) is 5.82 Å². The molecule has 1 saturated heterocycles. The topological polar surface area (TPSA) is 88.1 Å². The standard InChI is InChI=1S/C29H33N5O4/c1-21(2)29(36)34(18-22-9-11-25-26(17-22)38-20-37-25)19-28(35)33-14-6-13-32(15-16-33)27-12-10-24(30-31-27)23-7-4-3-5-8-23/h3-5,7-12,17,21H,6,13-16,18-20H2,1-2H3. The van der Waals surface area contributed by atoms with E-state index in [-0.39, 0.29) is 31.1 Å². The Morgan fingerprint density at radius 1 is 0.921 bits per heavy atom. The lowest BCUT2D eigenvalue weighted by Gasteiger charge is -2.28. The van der Waals surface area contributed by atoms with Crippen molar-refractivity contribution in [3.63, 3.8) is 0 Å². The largest absolute Gasteiger partial charge is 0.454 e. The Labute approximate surface area is 223 Å². The fourth-order valence-electron chi connectivity index (χ4n) is 4.75. The molecule has 2 aliphatic rings. The van der Waals surface area contributed by atoms with Crippen molar-refractivity contribution in [1.82, 2.24) is 20.0 Å². The van der Waals surface area contributed by atoms with Crippen molar-refractivity contribution in [2.75, 3.05) is 44.4 Å². The van der Waals surface area contributed by atoms with Gasteiger partial charge in [-0.15, -0.1) is 10.2 Å². The van der Waals surface area contributed by atoms with Crippen molar-refractivity contribution in [2.45, 2.75) is 26.8 Å². The second kappa shape index (κ2) is 11.5. The van der Waals surface area contributed by atoms with E-state index in [9.17, 15) is 9.59 Å². The fourth-order valence-corrected chi connectivity index (χ4v) is 4.75. The minimum atomic E-state index is -0.214. The third kappa shape index (κ3) is 5.88. The van der Waals surface area contributed by atoms with Gasteiger partial charge in [0, 0.05) is 44.2 Å². The normalized spacial score (nSPS) is 14.9. The Hall–Kier alpha value is -4.14. The summed E-state index contributed by atoms with van der Waals surface area (Å²) in [6.07, 6.45) is 0.814. The number of amides is 2. The van der Waals surface area contributed by atoms with E-state index >= 15 is 0 Å². The summed E-state index contributed by atoms with van der Waals surface area (Å²) >= 11 is 0. The van der Waals surface area contributed by atoms with Crippen LogP contribution in [0.5, 0.6) is 11.5 Å². The summed E-state index contributed by atoms with van der Waals surface area (Å²) in [6.45, 7) is 6.93. The predicted molar refractivity (Wildman–Crippen MR) is 144 cm³/mol. The average molecular weight is 516 g/mol. The molecule has 198 valence electrons. The van der Waals surface area contributed by atoms with Crippen LogP contribution in [-0.4, -0.2) is 71.3 Å². The van der Waals surface area contributed by atoms with E-state index in [0.29, 0.717) is 37.7 Å². The van der Waals surface area contributed by atoms with Crippen LogP contribution in [0, 0.1) is 5.92 Å². The maximum Gasteiger partial charge on any atom is 0.242 e. The summed E-state index contributed by atoms with van der Waals surface area (Å²) in [7, 11) is 0. The Kier molecular flexibility index (Phi) is 7.72. The average Bonchev–Trinajstić information content (AvgIpc) is 3.27. The van der Waals surface area contributed by atoms with Gasteiger partial charge in [-0.3, -0.25) is 9.59 Å². The van der Waals surface area contributed by atoms with Crippen molar-refractivity contribution in [1.29, 1.82) is 0 Å². The molecule has 0 aliphatic carbocycles. The molecule has 2 aliphatic heterocycles. The van der Waals surface area contributed by atoms with Crippen LogP contribution >= 0.6 is 0 Å². The molecule has 2 amide bonds. The minimum Gasteiger partial charge on any atom is -0.454 e. The third-order valence-electron chi connectivity index (χ3n) is 6.83. The zero-order valence-electron chi connectivity index (χ0n) is 21.9. The highest BCUT2D eigenvalue weighted by Gasteiger charge is 2.26. The summed E-state index contributed by atoms with van der Waals surface area (Å²) in [6, 6.07) is 19.6. The van der Waals surface area contributed by atoms with Crippen LogP contribution in [0.15, 0.2) is 60.7 Å². The number of aromatic nitrogens is 2. The Morgan fingerprint density at radius 2 is 1.74 bits per heavy atom. The van der Waals surface area contributed by atoms with Crippen molar-refractivity contribution in [2.24, 2.45) is 5.92 Å². The first-order valence-corrected chi connectivity index (χ1v) is 13.1. The molecule has 0 saturated carbocycles. The van der Waals surface area contributed by atoms with Gasteiger partial charge in [-0.25, -0.2) is 0 Å². The van der Waals surface area contributed by atoms with Gasteiger partial charge in [0.1, 0.15) is 6.54 Å². The summed E-state index contributed by atoms with van der Waals surface area (Å²) in [5.74, 6) is 1.85. The molecule has 1 aromatic heterocycles. The van der Waals surface area contributed by atoms with Gasteiger partial charge in [-0.05, 0) is 36.2 Å². The molecular formula is C29H33N5O4. The molecule has 3 aromatic rings. The number of carbonyl (C=O) groups is 2. The zero-order valence-corrected chi connectivity index (χ0v) is 21.9. The van der Waals surface area contributed by atoms with Gasteiger partial charge in [0.15, 0.2) is 17.3 Å². The molecule has 0 N–H and O–H groups in total. The van der Waals surface area contributed by atoms with Crippen LogP contribution in [0.3, 0.4) is 0 Å². The summed E-state index contributed by atoms with van der Waals surface area (Å²) in [4.78, 5) is 32.0. The molecule has 1 fully saturated rings. The number of hydrogen-bond donors (Lipinski definition) is 0. The molecule has 0 bridgehead atoms. The number of anilines is 1. The van der Waals surface area contributed by atoms with Crippen LogP contribution in [0.2, 0.25) is 0 Å². The van der Waals surface area contributed by atoms with Crippen LogP contribution < -0.4 is 14.4 Å². The third-order valence-corrected chi connectivity index (χ3v) is 6.83. The van der Waals surface area contributed by atoms with Gasteiger partial charge in [-0.2, -0.15) is 0 Å². The van der Waals surface area contributed by atoms with Crippen molar-refractivity contribution in [3.8, 4) is 22.8 Å². The predicted octanol–water partition coefficient (Wildman–Crippen LogP) is 3.60. The number of fused-ring (bicyclic) bond motifs is 1. The molecule has 5 rings (SSSR count).